The zero-order chi connectivity index (χ0) is 34.6. The molecule has 0 aliphatic carbocycles. The minimum atomic E-state index is -3.64. The van der Waals surface area contributed by atoms with E-state index in [-0.39, 0.29) is 35.2 Å². The normalized spacial score (nSPS) is 20.4. The molecule has 7 nitrogen and oxygen atoms in total. The van der Waals surface area contributed by atoms with Crippen LogP contribution in [0.25, 0.3) is 0 Å². The number of carbonyl (C=O) groups is 1. The maximum atomic E-state index is 13.7. The van der Waals surface area contributed by atoms with Gasteiger partial charge in [0.1, 0.15) is 5.75 Å². The van der Waals surface area contributed by atoms with Crippen LogP contribution in [0, 0.1) is 32.6 Å². The third-order valence-corrected chi connectivity index (χ3v) is 16.7. The van der Waals surface area contributed by atoms with E-state index in [9.17, 15) is 13.2 Å². The smallest absolute Gasteiger partial charge is 0.316 e. The quantitative estimate of drug-likeness (QED) is 0.114. The summed E-state index contributed by atoms with van der Waals surface area (Å²) >= 11 is 0. The first-order valence-electron chi connectivity index (χ1n) is 17.0. The summed E-state index contributed by atoms with van der Waals surface area (Å²) in [4.78, 5) is 14.0. The van der Waals surface area contributed by atoms with Crippen LogP contribution in [0.3, 0.4) is 0 Å². The molecule has 9 heteroatoms. The van der Waals surface area contributed by atoms with Crippen LogP contribution in [0.15, 0.2) is 47.4 Å². The number of benzene rings is 2. The van der Waals surface area contributed by atoms with Gasteiger partial charge in [0.15, 0.2) is 8.32 Å². The van der Waals surface area contributed by atoms with Crippen LogP contribution < -0.4 is 4.74 Å². The summed E-state index contributed by atoms with van der Waals surface area (Å²) in [6.07, 6.45) is 3.32. The van der Waals surface area contributed by atoms with E-state index in [2.05, 4.69) is 47.7 Å². The second-order valence-corrected chi connectivity index (χ2v) is 21.8. The summed E-state index contributed by atoms with van der Waals surface area (Å²) in [5, 5.41) is -0.0405. The lowest BCUT2D eigenvalue weighted by molar-refractivity contribution is -0.144. The molecule has 0 aromatic heterocycles. The minimum absolute atomic E-state index is 0.0405. The largest absolute Gasteiger partial charge is 0.426 e. The minimum Gasteiger partial charge on any atom is -0.426 e. The second kappa shape index (κ2) is 15.5. The van der Waals surface area contributed by atoms with Crippen molar-refractivity contribution in [2.75, 3.05) is 7.05 Å². The van der Waals surface area contributed by atoms with Crippen LogP contribution in [0.2, 0.25) is 18.1 Å². The number of ether oxygens (including phenoxy) is 2. The lowest BCUT2D eigenvalue weighted by Gasteiger charge is -2.43. The van der Waals surface area contributed by atoms with Gasteiger partial charge in [-0.3, -0.25) is 4.79 Å². The van der Waals surface area contributed by atoms with E-state index in [1.54, 1.807) is 19.2 Å². The van der Waals surface area contributed by atoms with Crippen LogP contribution in [-0.4, -0.2) is 58.4 Å². The number of sulfonamides is 1. The Morgan fingerprint density at radius 1 is 1.02 bits per heavy atom. The number of esters is 1. The van der Waals surface area contributed by atoms with E-state index < -0.39 is 30.4 Å². The van der Waals surface area contributed by atoms with Crippen molar-refractivity contribution in [2.24, 2.45) is 11.8 Å². The predicted molar refractivity (Wildman–Crippen MR) is 189 cm³/mol. The SMILES string of the molecule is CCC[C@H](C[C@@H]1CC[C@H]([C@@H](C)[C@H](O[Si](C)(C)C(C)(C)C)[C@H](C)C(=O)Oc2c(C)cccc2C)O1)N(C)S(=O)(=O)c1ccc(C)cc1. The van der Waals surface area contributed by atoms with Crippen LogP contribution in [-0.2, 0) is 24.0 Å². The average molecular weight is 674 g/mol. The summed E-state index contributed by atoms with van der Waals surface area (Å²) in [5.74, 6) is -0.266. The van der Waals surface area contributed by atoms with Crippen molar-refractivity contribution in [1.29, 1.82) is 0 Å². The van der Waals surface area contributed by atoms with E-state index in [4.69, 9.17) is 13.9 Å². The van der Waals surface area contributed by atoms with Crippen molar-refractivity contribution in [2.45, 2.75) is 142 Å². The van der Waals surface area contributed by atoms with Crippen LogP contribution in [0.1, 0.15) is 90.3 Å². The van der Waals surface area contributed by atoms with Crippen molar-refractivity contribution in [3.63, 3.8) is 0 Å². The Morgan fingerprint density at radius 2 is 1.61 bits per heavy atom. The first-order valence-corrected chi connectivity index (χ1v) is 21.3. The number of carbonyl (C=O) groups excluding carboxylic acids is 1. The lowest BCUT2D eigenvalue weighted by Crippen LogP contribution is -2.51. The number of hydrogen-bond donors (Lipinski definition) is 0. The van der Waals surface area contributed by atoms with Gasteiger partial charge in [0, 0.05) is 19.0 Å². The molecular formula is C37H59NO6SSi. The summed E-state index contributed by atoms with van der Waals surface area (Å²) in [6.45, 7) is 23.0. The molecule has 1 aliphatic rings. The highest BCUT2D eigenvalue weighted by Gasteiger charge is 2.46. The molecule has 0 unspecified atom stereocenters. The van der Waals surface area contributed by atoms with Crippen molar-refractivity contribution in [1.82, 2.24) is 4.31 Å². The molecule has 6 atom stereocenters. The predicted octanol–water partition coefficient (Wildman–Crippen LogP) is 8.61. The lowest BCUT2D eigenvalue weighted by atomic mass is 9.88. The first kappa shape index (κ1) is 38.4. The molecular weight excluding hydrogens is 615 g/mol. The van der Waals surface area contributed by atoms with E-state index >= 15 is 0 Å². The molecule has 0 spiro atoms. The molecule has 1 heterocycles. The van der Waals surface area contributed by atoms with Gasteiger partial charge in [-0.25, -0.2) is 8.42 Å². The number of hydrogen-bond acceptors (Lipinski definition) is 6. The van der Waals surface area contributed by atoms with Gasteiger partial charge in [0.05, 0.1) is 29.1 Å². The van der Waals surface area contributed by atoms with Gasteiger partial charge in [-0.1, -0.05) is 76.9 Å². The molecule has 0 bridgehead atoms. The number of aryl methyl sites for hydroxylation is 3. The summed E-state index contributed by atoms with van der Waals surface area (Å²) in [5.41, 5.74) is 2.87. The maximum Gasteiger partial charge on any atom is 0.316 e. The van der Waals surface area contributed by atoms with E-state index in [0.717, 1.165) is 42.4 Å². The van der Waals surface area contributed by atoms with E-state index in [1.165, 1.54) is 4.31 Å². The monoisotopic (exact) mass is 673 g/mol. The first-order chi connectivity index (χ1) is 21.3. The zero-order valence-corrected chi connectivity index (χ0v) is 32.2. The Kier molecular flexibility index (Phi) is 12.9. The molecule has 2 aromatic rings. The van der Waals surface area contributed by atoms with Gasteiger partial charge in [-0.05, 0) is 94.8 Å². The maximum absolute atomic E-state index is 13.7. The molecule has 0 saturated carbocycles. The standard InChI is InChI=1S/C37H59NO6SSi/c1-13-15-30(38(10)45(40,41)32-21-18-25(2)19-22-32)24-31-20-23-33(42-31)28(5)35(44-46(11,12)37(7,8)9)29(6)36(39)43-34-26(3)16-14-17-27(34)4/h14,16-19,21-22,28-31,33,35H,13,15,20,23-24H2,1-12H3/t28-,29+,30-,31+,33-,35+/m1/s1. The number of rotatable bonds is 14. The fraction of sp³-hybridized carbons (Fsp3) is 0.649. The third kappa shape index (κ3) is 9.10. The number of nitrogens with zero attached hydrogens (tertiary/aromatic N) is 1. The fourth-order valence-corrected chi connectivity index (χ4v) is 8.98. The zero-order valence-electron chi connectivity index (χ0n) is 30.3. The highest BCUT2D eigenvalue weighted by Crippen LogP contribution is 2.41. The Hall–Kier alpha value is -2.04. The van der Waals surface area contributed by atoms with Gasteiger partial charge in [-0.15, -0.1) is 0 Å². The molecule has 0 N–H and O–H groups in total. The third-order valence-electron chi connectivity index (χ3n) is 10.3. The number of para-hydroxylation sites is 1. The van der Waals surface area contributed by atoms with Crippen LogP contribution in [0.5, 0.6) is 5.75 Å². The van der Waals surface area contributed by atoms with Crippen molar-refractivity contribution >= 4 is 24.3 Å². The molecule has 1 saturated heterocycles. The molecule has 0 radical (unpaired) electrons. The highest BCUT2D eigenvalue weighted by molar-refractivity contribution is 7.89. The second-order valence-electron chi connectivity index (χ2n) is 15.0. The van der Waals surface area contributed by atoms with Gasteiger partial charge >= 0.3 is 5.97 Å². The van der Waals surface area contributed by atoms with Crippen molar-refractivity contribution < 1.29 is 27.1 Å². The Labute approximate surface area is 280 Å². The van der Waals surface area contributed by atoms with Gasteiger partial charge < -0.3 is 13.9 Å². The van der Waals surface area contributed by atoms with Crippen LogP contribution >= 0.6 is 0 Å². The Bertz CT molecular complexity index is 1400. The molecule has 0 amide bonds. The van der Waals surface area contributed by atoms with E-state index in [0.29, 0.717) is 17.1 Å². The van der Waals surface area contributed by atoms with E-state index in [1.807, 2.05) is 58.0 Å². The van der Waals surface area contributed by atoms with Gasteiger partial charge in [0.25, 0.3) is 0 Å². The van der Waals surface area contributed by atoms with Crippen LogP contribution in [0.4, 0.5) is 0 Å². The molecule has 3 rings (SSSR count). The average Bonchev–Trinajstić information content (AvgIpc) is 3.44. The van der Waals surface area contributed by atoms with Crippen molar-refractivity contribution in [3.05, 3.63) is 59.2 Å². The summed E-state index contributed by atoms with van der Waals surface area (Å²) in [6, 6.07) is 12.7. The molecule has 1 fully saturated rings. The topological polar surface area (TPSA) is 82.1 Å². The van der Waals surface area contributed by atoms with Gasteiger partial charge in [0.2, 0.25) is 10.0 Å². The van der Waals surface area contributed by atoms with Crippen molar-refractivity contribution in [3.8, 4) is 5.75 Å². The molecule has 2 aromatic carbocycles. The molecule has 258 valence electrons. The highest BCUT2D eigenvalue weighted by atomic mass is 32.2. The fourth-order valence-electron chi connectivity index (χ4n) is 6.13. The van der Waals surface area contributed by atoms with Gasteiger partial charge in [-0.2, -0.15) is 4.31 Å². The molecule has 46 heavy (non-hydrogen) atoms. The summed E-state index contributed by atoms with van der Waals surface area (Å²) < 4.78 is 48.4. The molecule has 1 aliphatic heterocycles. The Balaban J connectivity index is 1.80. The summed E-state index contributed by atoms with van der Waals surface area (Å²) in [7, 11) is -4.21. The Morgan fingerprint density at radius 3 is 2.15 bits per heavy atom.